The van der Waals surface area contributed by atoms with Gasteiger partial charge in [-0.25, -0.2) is 8.42 Å². The van der Waals surface area contributed by atoms with Crippen molar-refractivity contribution in [2.75, 3.05) is 15.9 Å². The fourth-order valence-corrected chi connectivity index (χ4v) is 3.24. The van der Waals surface area contributed by atoms with Crippen LogP contribution in [0.4, 0.5) is 11.4 Å². The number of hydrogen-bond acceptors (Lipinski definition) is 5. The van der Waals surface area contributed by atoms with Gasteiger partial charge in [0, 0.05) is 18.9 Å². The van der Waals surface area contributed by atoms with E-state index in [-0.39, 0.29) is 23.3 Å². The van der Waals surface area contributed by atoms with Crippen molar-refractivity contribution >= 4 is 33.2 Å². The van der Waals surface area contributed by atoms with Crippen LogP contribution in [-0.4, -0.2) is 26.5 Å². The SMILES string of the molecule is CS(=O)(=O)Nc1ccc(N2C(=O)CCCC2=O)cc1Oc1ccccc1. The van der Waals surface area contributed by atoms with Gasteiger partial charge in [-0.1, -0.05) is 18.2 Å². The number of amides is 2. The van der Waals surface area contributed by atoms with Crippen LogP contribution in [0, 0.1) is 0 Å². The van der Waals surface area contributed by atoms with Crippen molar-refractivity contribution in [1.29, 1.82) is 0 Å². The number of rotatable bonds is 5. The van der Waals surface area contributed by atoms with Gasteiger partial charge in [-0.2, -0.15) is 0 Å². The first kappa shape index (κ1) is 17.9. The normalized spacial score (nSPS) is 15.0. The highest BCUT2D eigenvalue weighted by molar-refractivity contribution is 7.92. The number of hydrogen-bond donors (Lipinski definition) is 1. The molecule has 0 spiro atoms. The summed E-state index contributed by atoms with van der Waals surface area (Å²) in [6, 6.07) is 13.3. The van der Waals surface area contributed by atoms with E-state index in [1.165, 1.54) is 18.2 Å². The molecule has 7 nitrogen and oxygen atoms in total. The van der Waals surface area contributed by atoms with Crippen LogP contribution < -0.4 is 14.4 Å². The predicted octanol–water partition coefficient (Wildman–Crippen LogP) is 2.89. The largest absolute Gasteiger partial charge is 0.455 e. The molecule has 2 aromatic carbocycles. The van der Waals surface area contributed by atoms with Crippen LogP contribution in [0.3, 0.4) is 0 Å². The minimum atomic E-state index is -3.53. The standard InChI is InChI=1S/C18H18N2O5S/c1-26(23,24)19-15-11-10-13(20-17(21)8-5-9-18(20)22)12-16(15)25-14-6-3-2-4-7-14/h2-4,6-7,10-12,19H,5,8-9H2,1H3. The summed E-state index contributed by atoms with van der Waals surface area (Å²) in [6.45, 7) is 0. The number of anilines is 2. The Balaban J connectivity index is 2.02. The predicted molar refractivity (Wildman–Crippen MR) is 97.8 cm³/mol. The molecule has 3 rings (SSSR count). The van der Waals surface area contributed by atoms with E-state index in [9.17, 15) is 18.0 Å². The zero-order valence-corrected chi connectivity index (χ0v) is 15.0. The Morgan fingerprint density at radius 2 is 1.65 bits per heavy atom. The van der Waals surface area contributed by atoms with Crippen LogP contribution in [0.25, 0.3) is 0 Å². The van der Waals surface area contributed by atoms with Gasteiger partial charge < -0.3 is 4.74 Å². The van der Waals surface area contributed by atoms with Crippen molar-refractivity contribution < 1.29 is 22.7 Å². The maximum Gasteiger partial charge on any atom is 0.233 e. The summed E-state index contributed by atoms with van der Waals surface area (Å²) in [7, 11) is -3.53. The molecule has 0 aliphatic carbocycles. The van der Waals surface area contributed by atoms with Crippen LogP contribution in [0.5, 0.6) is 11.5 Å². The first-order valence-corrected chi connectivity index (χ1v) is 9.93. The minimum Gasteiger partial charge on any atom is -0.455 e. The number of sulfonamides is 1. The number of para-hydroxylation sites is 1. The number of benzene rings is 2. The van der Waals surface area contributed by atoms with E-state index in [0.717, 1.165) is 11.2 Å². The molecule has 0 atom stereocenters. The lowest BCUT2D eigenvalue weighted by Crippen LogP contribution is -2.40. The number of carbonyl (C=O) groups is 2. The molecule has 1 aliphatic heterocycles. The molecule has 1 aliphatic rings. The van der Waals surface area contributed by atoms with Crippen molar-refractivity contribution in [3.05, 3.63) is 48.5 Å². The third-order valence-electron chi connectivity index (χ3n) is 3.77. The van der Waals surface area contributed by atoms with Crippen LogP contribution >= 0.6 is 0 Å². The van der Waals surface area contributed by atoms with E-state index >= 15 is 0 Å². The van der Waals surface area contributed by atoms with Crippen LogP contribution in [0.15, 0.2) is 48.5 Å². The molecule has 0 bridgehead atoms. The summed E-state index contributed by atoms with van der Waals surface area (Å²) in [5.74, 6) is 0.134. The fraction of sp³-hybridized carbons (Fsp3) is 0.222. The van der Waals surface area contributed by atoms with Crippen molar-refractivity contribution in [3.63, 3.8) is 0 Å². The average molecular weight is 374 g/mol. The molecule has 1 N–H and O–H groups in total. The summed E-state index contributed by atoms with van der Waals surface area (Å²) >= 11 is 0. The molecule has 2 amide bonds. The molecule has 136 valence electrons. The Kier molecular flexibility index (Phi) is 4.94. The van der Waals surface area contributed by atoms with E-state index in [4.69, 9.17) is 4.74 Å². The Labute approximate surface area is 151 Å². The van der Waals surface area contributed by atoms with E-state index in [1.807, 2.05) is 6.07 Å². The zero-order valence-electron chi connectivity index (χ0n) is 14.1. The number of nitrogens with one attached hydrogen (secondary N) is 1. The maximum absolute atomic E-state index is 12.1. The van der Waals surface area contributed by atoms with Gasteiger partial charge in [0.15, 0.2) is 5.75 Å². The fourth-order valence-electron chi connectivity index (χ4n) is 2.68. The highest BCUT2D eigenvalue weighted by Gasteiger charge is 2.28. The minimum absolute atomic E-state index is 0.199. The molecular formula is C18H18N2O5S. The van der Waals surface area contributed by atoms with E-state index < -0.39 is 10.0 Å². The maximum atomic E-state index is 12.1. The summed E-state index contributed by atoms with van der Waals surface area (Å²) in [4.78, 5) is 25.4. The molecular weight excluding hydrogens is 356 g/mol. The highest BCUT2D eigenvalue weighted by atomic mass is 32.2. The van der Waals surface area contributed by atoms with E-state index in [1.54, 1.807) is 24.3 Å². The van der Waals surface area contributed by atoms with Crippen molar-refractivity contribution in [1.82, 2.24) is 0 Å². The van der Waals surface area contributed by atoms with Gasteiger partial charge in [-0.3, -0.25) is 19.2 Å². The number of ether oxygens (including phenoxy) is 1. The average Bonchev–Trinajstić information content (AvgIpc) is 2.57. The van der Waals surface area contributed by atoms with Crippen molar-refractivity contribution in [2.24, 2.45) is 0 Å². The van der Waals surface area contributed by atoms with Gasteiger partial charge in [0.05, 0.1) is 17.6 Å². The molecule has 0 radical (unpaired) electrons. The number of piperidine rings is 1. The number of nitrogens with zero attached hydrogens (tertiary/aromatic N) is 1. The lowest BCUT2D eigenvalue weighted by molar-refractivity contribution is -0.129. The summed E-state index contributed by atoms with van der Waals surface area (Å²) < 4.78 is 31.4. The number of carbonyl (C=O) groups excluding carboxylic acids is 2. The van der Waals surface area contributed by atoms with Crippen LogP contribution in [0.1, 0.15) is 19.3 Å². The molecule has 26 heavy (non-hydrogen) atoms. The first-order chi connectivity index (χ1) is 12.3. The van der Waals surface area contributed by atoms with Crippen molar-refractivity contribution in [3.8, 4) is 11.5 Å². The molecule has 0 unspecified atom stereocenters. The second-order valence-corrected chi connectivity index (χ2v) is 7.69. The molecule has 8 heteroatoms. The molecule has 2 aromatic rings. The van der Waals surface area contributed by atoms with Gasteiger partial charge in [-0.05, 0) is 30.7 Å². The molecule has 0 aromatic heterocycles. The van der Waals surface area contributed by atoms with Crippen LogP contribution in [-0.2, 0) is 19.6 Å². The van der Waals surface area contributed by atoms with E-state index in [0.29, 0.717) is 30.7 Å². The third kappa shape index (κ3) is 4.20. The smallest absolute Gasteiger partial charge is 0.233 e. The second-order valence-electron chi connectivity index (χ2n) is 5.95. The second kappa shape index (κ2) is 7.17. The van der Waals surface area contributed by atoms with Crippen LogP contribution in [0.2, 0.25) is 0 Å². The third-order valence-corrected chi connectivity index (χ3v) is 4.36. The molecule has 0 saturated carbocycles. The van der Waals surface area contributed by atoms with Gasteiger partial charge in [-0.15, -0.1) is 0 Å². The monoisotopic (exact) mass is 374 g/mol. The zero-order chi connectivity index (χ0) is 18.7. The quantitative estimate of drug-likeness (QED) is 0.813. The molecule has 1 fully saturated rings. The number of imide groups is 1. The summed E-state index contributed by atoms with van der Waals surface area (Å²) in [5, 5.41) is 0. The van der Waals surface area contributed by atoms with E-state index in [2.05, 4.69) is 4.72 Å². The Morgan fingerprint density at radius 1 is 1.00 bits per heavy atom. The summed E-state index contributed by atoms with van der Waals surface area (Å²) in [5.41, 5.74) is 0.571. The van der Waals surface area contributed by atoms with Gasteiger partial charge in [0.2, 0.25) is 21.8 Å². The Hall–Kier alpha value is -2.87. The topological polar surface area (TPSA) is 92.8 Å². The molecule has 1 saturated heterocycles. The molecule has 1 heterocycles. The van der Waals surface area contributed by atoms with Crippen molar-refractivity contribution in [2.45, 2.75) is 19.3 Å². The summed E-state index contributed by atoms with van der Waals surface area (Å²) in [6.07, 6.45) is 2.16. The Morgan fingerprint density at radius 3 is 2.27 bits per heavy atom. The first-order valence-electron chi connectivity index (χ1n) is 8.04. The van der Waals surface area contributed by atoms with Gasteiger partial charge >= 0.3 is 0 Å². The lowest BCUT2D eigenvalue weighted by atomic mass is 10.1. The van der Waals surface area contributed by atoms with Gasteiger partial charge in [0.1, 0.15) is 5.75 Å². The highest BCUT2D eigenvalue weighted by Crippen LogP contribution is 2.35. The lowest BCUT2D eigenvalue weighted by Gasteiger charge is -2.25. The van der Waals surface area contributed by atoms with Gasteiger partial charge in [0.25, 0.3) is 0 Å². The Bertz CT molecular complexity index is 925.